The van der Waals surface area contributed by atoms with Gasteiger partial charge >= 0.3 is 0 Å². The fraction of sp³-hybridized carbons (Fsp3) is 0.333. The second-order valence-corrected chi connectivity index (χ2v) is 8.38. The SMILES string of the molecule is COc1ccc(S(=O)(=O)N2CCN(c3ccccc3)C(C)C2)cc1Cl. The van der Waals surface area contributed by atoms with E-state index in [1.807, 2.05) is 37.3 Å². The zero-order chi connectivity index (χ0) is 18.0. The standard InChI is InChI=1S/C18H21ClN2O3S/c1-14-13-20(10-11-21(14)15-6-4-3-5-7-15)25(22,23)16-8-9-18(24-2)17(19)12-16/h3-9,12,14H,10-11,13H2,1-2H3. The summed E-state index contributed by atoms with van der Waals surface area (Å²) < 4.78 is 32.5. The summed E-state index contributed by atoms with van der Waals surface area (Å²) >= 11 is 6.09. The number of para-hydroxylation sites is 1. The van der Waals surface area contributed by atoms with Crippen LogP contribution in [0.15, 0.2) is 53.4 Å². The Morgan fingerprint density at radius 2 is 1.84 bits per heavy atom. The maximum absolute atomic E-state index is 12.9. The number of anilines is 1. The van der Waals surface area contributed by atoms with Crippen molar-refractivity contribution < 1.29 is 13.2 Å². The van der Waals surface area contributed by atoms with Gasteiger partial charge in [-0.3, -0.25) is 0 Å². The van der Waals surface area contributed by atoms with Crippen LogP contribution in [0.1, 0.15) is 6.92 Å². The molecule has 5 nitrogen and oxygen atoms in total. The van der Waals surface area contributed by atoms with E-state index in [1.165, 1.54) is 23.5 Å². The van der Waals surface area contributed by atoms with Crippen LogP contribution in [0.3, 0.4) is 0 Å². The van der Waals surface area contributed by atoms with Crippen LogP contribution >= 0.6 is 11.6 Å². The number of rotatable bonds is 4. The number of nitrogens with zero attached hydrogens (tertiary/aromatic N) is 2. The molecular weight excluding hydrogens is 360 g/mol. The first-order chi connectivity index (χ1) is 11.9. The Morgan fingerprint density at radius 1 is 1.12 bits per heavy atom. The molecule has 0 amide bonds. The number of benzene rings is 2. The lowest BCUT2D eigenvalue weighted by Gasteiger charge is -2.40. The van der Waals surface area contributed by atoms with E-state index in [-0.39, 0.29) is 10.9 Å². The van der Waals surface area contributed by atoms with Crippen LogP contribution < -0.4 is 9.64 Å². The molecule has 0 spiro atoms. The first-order valence-corrected chi connectivity index (χ1v) is 9.90. The van der Waals surface area contributed by atoms with Crippen LogP contribution in [-0.2, 0) is 10.0 Å². The lowest BCUT2D eigenvalue weighted by atomic mass is 10.2. The van der Waals surface area contributed by atoms with E-state index in [0.29, 0.717) is 30.4 Å². The quantitative estimate of drug-likeness (QED) is 0.817. The molecular formula is C18H21ClN2O3S. The first-order valence-electron chi connectivity index (χ1n) is 8.09. The Kier molecular flexibility index (Phi) is 5.22. The predicted octanol–water partition coefficient (Wildman–Crippen LogP) is 3.25. The number of methoxy groups -OCH3 is 1. The normalized spacial score (nSPS) is 19.0. The van der Waals surface area contributed by atoms with Crippen LogP contribution in [0.4, 0.5) is 5.69 Å². The highest BCUT2D eigenvalue weighted by molar-refractivity contribution is 7.89. The summed E-state index contributed by atoms with van der Waals surface area (Å²) in [6.45, 7) is 3.55. The fourth-order valence-electron chi connectivity index (χ4n) is 3.10. The van der Waals surface area contributed by atoms with Crippen molar-refractivity contribution in [2.75, 3.05) is 31.6 Å². The van der Waals surface area contributed by atoms with Gasteiger partial charge in [-0.25, -0.2) is 8.42 Å². The molecule has 1 unspecified atom stereocenters. The van der Waals surface area contributed by atoms with Gasteiger partial charge in [0.25, 0.3) is 0 Å². The van der Waals surface area contributed by atoms with E-state index in [2.05, 4.69) is 4.90 Å². The average Bonchev–Trinajstić information content (AvgIpc) is 2.62. The second-order valence-electron chi connectivity index (χ2n) is 6.04. The highest BCUT2D eigenvalue weighted by Crippen LogP contribution is 2.30. The maximum Gasteiger partial charge on any atom is 0.243 e. The fourth-order valence-corrected chi connectivity index (χ4v) is 4.96. The first kappa shape index (κ1) is 18.0. The highest BCUT2D eigenvalue weighted by atomic mass is 35.5. The largest absolute Gasteiger partial charge is 0.495 e. The molecule has 1 aliphatic rings. The van der Waals surface area contributed by atoms with E-state index in [9.17, 15) is 8.42 Å². The van der Waals surface area contributed by atoms with Crippen molar-refractivity contribution in [1.82, 2.24) is 4.31 Å². The molecule has 2 aromatic carbocycles. The lowest BCUT2D eigenvalue weighted by Crippen LogP contribution is -2.53. The van der Waals surface area contributed by atoms with Gasteiger partial charge in [0, 0.05) is 31.4 Å². The van der Waals surface area contributed by atoms with Gasteiger partial charge in [0.15, 0.2) is 0 Å². The highest BCUT2D eigenvalue weighted by Gasteiger charge is 2.32. The van der Waals surface area contributed by atoms with Gasteiger partial charge in [0.05, 0.1) is 17.0 Å². The van der Waals surface area contributed by atoms with Gasteiger partial charge in [-0.2, -0.15) is 4.31 Å². The van der Waals surface area contributed by atoms with Gasteiger partial charge in [-0.05, 0) is 37.3 Å². The van der Waals surface area contributed by atoms with Crippen molar-refractivity contribution in [3.05, 3.63) is 53.6 Å². The molecule has 7 heteroatoms. The number of hydrogen-bond acceptors (Lipinski definition) is 4. The van der Waals surface area contributed by atoms with Crippen LogP contribution in [0.2, 0.25) is 5.02 Å². The zero-order valence-electron chi connectivity index (χ0n) is 14.2. The van der Waals surface area contributed by atoms with E-state index >= 15 is 0 Å². The summed E-state index contributed by atoms with van der Waals surface area (Å²) in [7, 11) is -2.08. The van der Waals surface area contributed by atoms with Crippen LogP contribution in [0, 0.1) is 0 Å². The molecule has 0 saturated carbocycles. The van der Waals surface area contributed by atoms with Crippen LogP contribution in [-0.4, -0.2) is 45.5 Å². The minimum atomic E-state index is -3.58. The van der Waals surface area contributed by atoms with Crippen molar-refractivity contribution >= 4 is 27.3 Å². The summed E-state index contributed by atoms with van der Waals surface area (Å²) in [6.07, 6.45) is 0. The molecule has 1 heterocycles. The maximum atomic E-state index is 12.9. The van der Waals surface area contributed by atoms with Crippen LogP contribution in [0.25, 0.3) is 0 Å². The van der Waals surface area contributed by atoms with Crippen molar-refractivity contribution in [3.8, 4) is 5.75 Å². The molecule has 0 bridgehead atoms. The molecule has 25 heavy (non-hydrogen) atoms. The van der Waals surface area contributed by atoms with Crippen molar-refractivity contribution in [2.45, 2.75) is 17.9 Å². The van der Waals surface area contributed by atoms with Gasteiger partial charge in [0.2, 0.25) is 10.0 Å². The zero-order valence-corrected chi connectivity index (χ0v) is 15.8. The van der Waals surface area contributed by atoms with Gasteiger partial charge < -0.3 is 9.64 Å². The molecule has 0 aliphatic carbocycles. The van der Waals surface area contributed by atoms with E-state index in [1.54, 1.807) is 6.07 Å². The van der Waals surface area contributed by atoms with Crippen molar-refractivity contribution in [3.63, 3.8) is 0 Å². The van der Waals surface area contributed by atoms with Gasteiger partial charge in [-0.1, -0.05) is 29.8 Å². The third-order valence-electron chi connectivity index (χ3n) is 4.44. The minimum Gasteiger partial charge on any atom is -0.495 e. The van der Waals surface area contributed by atoms with Crippen molar-refractivity contribution in [2.24, 2.45) is 0 Å². The Hall–Kier alpha value is -1.76. The molecule has 1 fully saturated rings. The number of hydrogen-bond donors (Lipinski definition) is 0. The Morgan fingerprint density at radius 3 is 2.44 bits per heavy atom. The Labute approximate surface area is 153 Å². The summed E-state index contributed by atoms with van der Waals surface area (Å²) in [4.78, 5) is 2.42. The summed E-state index contributed by atoms with van der Waals surface area (Å²) in [6, 6.07) is 14.7. The van der Waals surface area contributed by atoms with E-state index in [0.717, 1.165) is 5.69 Å². The summed E-state index contributed by atoms with van der Waals surface area (Å²) in [5, 5.41) is 0.291. The average molecular weight is 381 g/mol. The third-order valence-corrected chi connectivity index (χ3v) is 6.60. The molecule has 2 aromatic rings. The molecule has 0 radical (unpaired) electrons. The van der Waals surface area contributed by atoms with Crippen LogP contribution in [0.5, 0.6) is 5.75 Å². The monoisotopic (exact) mass is 380 g/mol. The van der Waals surface area contributed by atoms with E-state index in [4.69, 9.17) is 16.3 Å². The molecule has 1 saturated heterocycles. The van der Waals surface area contributed by atoms with Crippen molar-refractivity contribution in [1.29, 1.82) is 0 Å². The Balaban J connectivity index is 1.80. The molecule has 1 aliphatic heterocycles. The molecule has 134 valence electrons. The lowest BCUT2D eigenvalue weighted by molar-refractivity contribution is 0.342. The predicted molar refractivity (Wildman–Crippen MR) is 100 cm³/mol. The molecule has 0 N–H and O–H groups in total. The Bertz CT molecular complexity index is 843. The minimum absolute atomic E-state index is 0.0830. The van der Waals surface area contributed by atoms with Gasteiger partial charge in [0.1, 0.15) is 5.75 Å². The summed E-state index contributed by atoms with van der Waals surface area (Å²) in [5.41, 5.74) is 1.11. The second kappa shape index (κ2) is 7.23. The van der Waals surface area contributed by atoms with Gasteiger partial charge in [-0.15, -0.1) is 0 Å². The topological polar surface area (TPSA) is 49.9 Å². The molecule has 0 aromatic heterocycles. The molecule has 1 atom stereocenters. The number of halogens is 1. The number of sulfonamides is 1. The summed E-state index contributed by atoms with van der Waals surface area (Å²) in [5.74, 6) is 0.461. The number of ether oxygens (including phenoxy) is 1. The van der Waals surface area contributed by atoms with E-state index < -0.39 is 10.0 Å². The third kappa shape index (κ3) is 3.61. The molecule has 3 rings (SSSR count). The smallest absolute Gasteiger partial charge is 0.243 e. The number of piperazine rings is 1.